The quantitative estimate of drug-likeness (QED) is 0.215. The number of rotatable bonds is 7. The molecule has 284 valence electrons. The van der Waals surface area contributed by atoms with E-state index in [4.69, 9.17) is 21.1 Å². The first-order chi connectivity index (χ1) is 24.7. The highest BCUT2D eigenvalue weighted by molar-refractivity contribution is 6.30. The predicted octanol–water partition coefficient (Wildman–Crippen LogP) is 8.36. The Bertz CT molecular complexity index is 1620. The molecule has 8 rings (SSSR count). The number of nitrogens with one attached hydrogen (secondary N) is 1. The van der Waals surface area contributed by atoms with E-state index in [-0.39, 0.29) is 64.1 Å². The third-order valence-corrected chi connectivity index (χ3v) is 16.6. The number of benzene rings is 1. The second kappa shape index (κ2) is 13.7. The van der Waals surface area contributed by atoms with Crippen molar-refractivity contribution < 1.29 is 23.9 Å². The SMILES string of the molecule is CC(C)C1=C2C3CCC4C(C)(CCC5C(C)C(OC(=O)C6CC(C=O)C6C)CCC54C)C3CCC2(NC2(c3ccc(Cl)cc3)CC2)CC1=O.NC=O. The summed E-state index contributed by atoms with van der Waals surface area (Å²) < 4.78 is 6.29. The van der Waals surface area contributed by atoms with Crippen LogP contribution in [0.1, 0.15) is 124 Å². The number of carbonyl (C=O) groups excluding carboxylic acids is 4. The summed E-state index contributed by atoms with van der Waals surface area (Å²) in [5.74, 6) is 3.11. The summed E-state index contributed by atoms with van der Waals surface area (Å²) >= 11 is 6.30. The van der Waals surface area contributed by atoms with Crippen LogP contribution in [0.5, 0.6) is 0 Å². The van der Waals surface area contributed by atoms with Gasteiger partial charge >= 0.3 is 5.97 Å². The fraction of sp³-hybridized carbons (Fsp3) is 0.727. The Kier molecular flexibility index (Phi) is 9.92. The van der Waals surface area contributed by atoms with E-state index in [1.54, 1.807) is 0 Å². The van der Waals surface area contributed by atoms with Gasteiger partial charge in [0.15, 0.2) is 5.78 Å². The maximum atomic E-state index is 14.0. The molecule has 1 aromatic carbocycles. The Hall–Kier alpha value is -2.51. The number of aldehydes is 1. The first-order valence-corrected chi connectivity index (χ1v) is 20.7. The number of ether oxygens (including phenoxy) is 1. The molecule has 52 heavy (non-hydrogen) atoms. The Labute approximate surface area is 316 Å². The molecule has 0 radical (unpaired) electrons. The van der Waals surface area contributed by atoms with Gasteiger partial charge in [-0.2, -0.15) is 0 Å². The fourth-order valence-corrected chi connectivity index (χ4v) is 13.7. The molecule has 0 spiro atoms. The summed E-state index contributed by atoms with van der Waals surface area (Å²) in [5.41, 5.74) is 8.29. The first kappa shape index (κ1) is 37.8. The van der Waals surface area contributed by atoms with E-state index in [9.17, 15) is 14.4 Å². The van der Waals surface area contributed by atoms with E-state index >= 15 is 0 Å². The smallest absolute Gasteiger partial charge is 0.309 e. The Morgan fingerprint density at radius 3 is 2.15 bits per heavy atom. The number of amides is 1. The van der Waals surface area contributed by atoms with E-state index in [1.165, 1.54) is 43.2 Å². The van der Waals surface area contributed by atoms with Crippen molar-refractivity contribution in [2.24, 2.45) is 69.8 Å². The fourth-order valence-electron chi connectivity index (χ4n) is 13.6. The van der Waals surface area contributed by atoms with Crippen LogP contribution in [0.4, 0.5) is 0 Å². The molecule has 7 nitrogen and oxygen atoms in total. The van der Waals surface area contributed by atoms with Gasteiger partial charge in [0.1, 0.15) is 12.4 Å². The number of esters is 1. The lowest BCUT2D eigenvalue weighted by Crippen LogP contribution is -2.63. The van der Waals surface area contributed by atoms with Gasteiger partial charge in [-0.3, -0.25) is 19.7 Å². The molecule has 12 unspecified atom stereocenters. The molecule has 1 aromatic rings. The van der Waals surface area contributed by atoms with Crippen LogP contribution in [0.15, 0.2) is 35.4 Å². The average Bonchev–Trinajstić information content (AvgIpc) is 3.79. The number of carbonyl (C=O) groups is 4. The normalized spacial score (nSPS) is 42.7. The van der Waals surface area contributed by atoms with Crippen LogP contribution in [0.25, 0.3) is 0 Å². The molecule has 7 aliphatic carbocycles. The van der Waals surface area contributed by atoms with Gasteiger partial charge in [0.05, 0.1) is 5.92 Å². The van der Waals surface area contributed by atoms with Gasteiger partial charge in [0.2, 0.25) is 6.41 Å². The van der Waals surface area contributed by atoms with Gasteiger partial charge in [0.25, 0.3) is 0 Å². The van der Waals surface area contributed by atoms with Crippen LogP contribution in [-0.4, -0.2) is 36.1 Å². The molecule has 0 aromatic heterocycles. The average molecular weight is 733 g/mol. The minimum atomic E-state index is -0.238. The number of fused-ring (bicyclic) bond motifs is 7. The Morgan fingerprint density at radius 1 is 0.904 bits per heavy atom. The number of nitrogens with two attached hydrogens (primary N) is 1. The Morgan fingerprint density at radius 2 is 1.54 bits per heavy atom. The molecular formula is C44H61ClN2O5. The van der Waals surface area contributed by atoms with Gasteiger partial charge in [-0.15, -0.1) is 0 Å². The van der Waals surface area contributed by atoms with Crippen LogP contribution in [0.3, 0.4) is 0 Å². The van der Waals surface area contributed by atoms with E-state index in [2.05, 4.69) is 57.8 Å². The molecule has 0 aliphatic heterocycles. The number of ketones is 1. The lowest BCUT2D eigenvalue weighted by molar-refractivity contribution is -0.195. The zero-order valence-electron chi connectivity index (χ0n) is 32.2. The maximum Gasteiger partial charge on any atom is 0.309 e. The van der Waals surface area contributed by atoms with Crippen molar-refractivity contribution >= 4 is 36.0 Å². The Balaban J connectivity index is 0.00000136. The number of halogens is 1. The molecule has 1 amide bonds. The molecule has 0 bridgehead atoms. The summed E-state index contributed by atoms with van der Waals surface area (Å²) in [4.78, 5) is 47.1. The second-order valence-corrected chi connectivity index (χ2v) is 19.4. The summed E-state index contributed by atoms with van der Waals surface area (Å²) in [6.45, 7) is 14.1. The molecule has 0 heterocycles. The molecule has 6 fully saturated rings. The number of Topliss-reactive ketones (excluding diaryl/α,β-unsaturated/α-hetero) is 1. The van der Waals surface area contributed by atoms with Gasteiger partial charge in [0, 0.05) is 28.4 Å². The highest BCUT2D eigenvalue weighted by atomic mass is 35.5. The van der Waals surface area contributed by atoms with Gasteiger partial charge in [-0.05, 0) is 152 Å². The summed E-state index contributed by atoms with van der Waals surface area (Å²) in [6.07, 6.45) is 13.8. The standard InChI is InChI=1S/C43H58ClNO4.CH3NO/c1-24(2)37-34(47)22-43(45-42(19-20-42)28-7-9-29(44)10-8-28)18-14-33-30(38(37)43)11-12-36-40(5)17-15-35(26(4)32(40)13-16-41(33,36)6)49-39(48)31-21-27(23-46)25(31)3;2-1-3/h7-10,23-27,30-33,35-36,45H,11-22H2,1-6H3;1H,(H2,2,3). The monoisotopic (exact) mass is 732 g/mol. The molecule has 7 aliphatic rings. The third kappa shape index (κ3) is 5.85. The molecule has 8 heteroatoms. The van der Waals surface area contributed by atoms with Gasteiger partial charge in [-0.1, -0.05) is 65.3 Å². The van der Waals surface area contributed by atoms with Gasteiger partial charge < -0.3 is 15.3 Å². The lowest BCUT2D eigenvalue weighted by atomic mass is 9.38. The zero-order valence-corrected chi connectivity index (χ0v) is 33.0. The van der Waals surface area contributed by atoms with Crippen molar-refractivity contribution in [3.63, 3.8) is 0 Å². The van der Waals surface area contributed by atoms with Crippen molar-refractivity contribution in [3.05, 3.63) is 46.0 Å². The van der Waals surface area contributed by atoms with Crippen molar-refractivity contribution in [1.82, 2.24) is 5.32 Å². The summed E-state index contributed by atoms with van der Waals surface area (Å²) in [7, 11) is 0. The third-order valence-electron chi connectivity index (χ3n) is 16.3. The zero-order chi connectivity index (χ0) is 37.4. The first-order valence-electron chi connectivity index (χ1n) is 20.3. The lowest BCUT2D eigenvalue weighted by Gasteiger charge is -2.67. The number of hydrogen-bond acceptors (Lipinski definition) is 6. The molecule has 3 N–H and O–H groups in total. The van der Waals surface area contributed by atoms with Gasteiger partial charge in [-0.25, -0.2) is 0 Å². The largest absolute Gasteiger partial charge is 0.462 e. The van der Waals surface area contributed by atoms with Crippen LogP contribution in [0, 0.1) is 64.1 Å². The van der Waals surface area contributed by atoms with E-state index < -0.39 is 0 Å². The summed E-state index contributed by atoms with van der Waals surface area (Å²) in [6, 6.07) is 8.40. The summed E-state index contributed by atoms with van der Waals surface area (Å²) in [5, 5.41) is 5.04. The van der Waals surface area contributed by atoms with Crippen LogP contribution in [0.2, 0.25) is 5.02 Å². The molecular weight excluding hydrogens is 672 g/mol. The second-order valence-electron chi connectivity index (χ2n) is 18.9. The number of primary amides is 1. The van der Waals surface area contributed by atoms with E-state index in [0.717, 1.165) is 49.0 Å². The van der Waals surface area contributed by atoms with Crippen molar-refractivity contribution in [2.75, 3.05) is 0 Å². The minimum absolute atomic E-state index is 0.00420. The topological polar surface area (TPSA) is 116 Å². The molecule has 6 saturated carbocycles. The van der Waals surface area contributed by atoms with E-state index in [0.29, 0.717) is 48.2 Å². The van der Waals surface area contributed by atoms with Crippen LogP contribution >= 0.6 is 11.6 Å². The number of hydrogen-bond donors (Lipinski definition) is 2. The number of allylic oxidation sites excluding steroid dienone is 1. The van der Waals surface area contributed by atoms with Crippen LogP contribution in [-0.2, 0) is 29.5 Å². The van der Waals surface area contributed by atoms with Crippen molar-refractivity contribution in [2.45, 2.75) is 136 Å². The predicted molar refractivity (Wildman–Crippen MR) is 203 cm³/mol. The minimum Gasteiger partial charge on any atom is -0.462 e. The highest BCUT2D eigenvalue weighted by Crippen LogP contribution is 2.71. The highest BCUT2D eigenvalue weighted by Gasteiger charge is 2.66. The maximum absolute atomic E-state index is 14.0. The van der Waals surface area contributed by atoms with Crippen LogP contribution < -0.4 is 11.1 Å². The van der Waals surface area contributed by atoms with Crippen molar-refractivity contribution in [3.8, 4) is 0 Å². The molecule has 0 saturated heterocycles. The molecule has 12 atom stereocenters. The van der Waals surface area contributed by atoms with E-state index in [1.807, 2.05) is 19.1 Å². The van der Waals surface area contributed by atoms with Crippen molar-refractivity contribution in [1.29, 1.82) is 0 Å².